The van der Waals surface area contributed by atoms with Crippen LogP contribution in [-0.4, -0.2) is 31.0 Å². The van der Waals surface area contributed by atoms with Crippen LogP contribution in [0.1, 0.15) is 12.1 Å². The first-order valence-corrected chi connectivity index (χ1v) is 5.14. The van der Waals surface area contributed by atoms with E-state index in [1.165, 1.54) is 0 Å². The summed E-state index contributed by atoms with van der Waals surface area (Å²) < 4.78 is 0. The third kappa shape index (κ3) is 5.12. The molecule has 1 aromatic rings. The number of rotatable bonds is 6. The SMILES string of the molecule is CNCCCNC(=O)Cc1ccccn1. The Bertz CT molecular complexity index is 287. The van der Waals surface area contributed by atoms with E-state index in [1.54, 1.807) is 6.20 Å². The second-order valence-corrected chi connectivity index (χ2v) is 3.30. The van der Waals surface area contributed by atoms with Crippen LogP contribution in [0.5, 0.6) is 0 Å². The molecule has 0 unspecified atom stereocenters. The molecule has 4 heteroatoms. The molecule has 1 rings (SSSR count). The Morgan fingerprint density at radius 3 is 2.93 bits per heavy atom. The number of hydrogen-bond donors (Lipinski definition) is 2. The molecule has 0 aromatic carbocycles. The van der Waals surface area contributed by atoms with Gasteiger partial charge in [-0.1, -0.05) is 6.07 Å². The number of amides is 1. The van der Waals surface area contributed by atoms with Crippen molar-refractivity contribution in [3.05, 3.63) is 30.1 Å². The van der Waals surface area contributed by atoms with E-state index in [4.69, 9.17) is 0 Å². The largest absolute Gasteiger partial charge is 0.356 e. The molecule has 0 atom stereocenters. The highest BCUT2D eigenvalue weighted by molar-refractivity contribution is 5.77. The van der Waals surface area contributed by atoms with E-state index in [0.29, 0.717) is 13.0 Å². The summed E-state index contributed by atoms with van der Waals surface area (Å²) in [5, 5.41) is 5.87. The molecule has 0 aliphatic carbocycles. The van der Waals surface area contributed by atoms with Crippen LogP contribution in [0.25, 0.3) is 0 Å². The fourth-order valence-corrected chi connectivity index (χ4v) is 1.22. The second-order valence-electron chi connectivity index (χ2n) is 3.30. The maximum Gasteiger partial charge on any atom is 0.226 e. The molecule has 0 radical (unpaired) electrons. The number of nitrogens with one attached hydrogen (secondary N) is 2. The number of aromatic nitrogens is 1. The van der Waals surface area contributed by atoms with E-state index in [-0.39, 0.29) is 5.91 Å². The predicted molar refractivity (Wildman–Crippen MR) is 59.5 cm³/mol. The van der Waals surface area contributed by atoms with Crippen molar-refractivity contribution in [2.75, 3.05) is 20.1 Å². The van der Waals surface area contributed by atoms with Crippen LogP contribution in [0.2, 0.25) is 0 Å². The minimum Gasteiger partial charge on any atom is -0.356 e. The third-order valence-corrected chi connectivity index (χ3v) is 1.99. The van der Waals surface area contributed by atoms with Crippen LogP contribution >= 0.6 is 0 Å². The van der Waals surface area contributed by atoms with Crippen LogP contribution in [0.3, 0.4) is 0 Å². The summed E-state index contributed by atoms with van der Waals surface area (Å²) in [6, 6.07) is 5.58. The molecule has 1 aromatic heterocycles. The first-order valence-electron chi connectivity index (χ1n) is 5.14. The Morgan fingerprint density at radius 1 is 1.40 bits per heavy atom. The Labute approximate surface area is 90.1 Å². The maximum absolute atomic E-state index is 11.4. The molecule has 0 spiro atoms. The minimum atomic E-state index is 0.0322. The van der Waals surface area contributed by atoms with E-state index in [1.807, 2.05) is 25.2 Å². The zero-order chi connectivity index (χ0) is 10.9. The molecule has 1 heterocycles. The second kappa shape index (κ2) is 6.95. The third-order valence-electron chi connectivity index (χ3n) is 1.99. The zero-order valence-electron chi connectivity index (χ0n) is 8.99. The topological polar surface area (TPSA) is 54.0 Å². The van der Waals surface area contributed by atoms with Gasteiger partial charge in [-0.25, -0.2) is 0 Å². The fraction of sp³-hybridized carbons (Fsp3) is 0.455. The predicted octanol–water partition coefficient (Wildman–Crippen LogP) is 0.350. The summed E-state index contributed by atoms with van der Waals surface area (Å²) >= 11 is 0. The van der Waals surface area contributed by atoms with Gasteiger partial charge in [0.2, 0.25) is 5.91 Å². The normalized spacial score (nSPS) is 9.93. The first-order chi connectivity index (χ1) is 7.33. The van der Waals surface area contributed by atoms with Crippen molar-refractivity contribution in [1.29, 1.82) is 0 Å². The quantitative estimate of drug-likeness (QED) is 0.662. The molecular formula is C11H17N3O. The highest BCUT2D eigenvalue weighted by Gasteiger charge is 2.02. The van der Waals surface area contributed by atoms with Crippen molar-refractivity contribution in [1.82, 2.24) is 15.6 Å². The van der Waals surface area contributed by atoms with Gasteiger partial charge in [-0.3, -0.25) is 9.78 Å². The molecule has 4 nitrogen and oxygen atoms in total. The standard InChI is InChI=1S/C11H17N3O/c1-12-6-4-8-14-11(15)9-10-5-2-3-7-13-10/h2-3,5,7,12H,4,6,8-9H2,1H3,(H,14,15). The van der Waals surface area contributed by atoms with Crippen molar-refractivity contribution in [3.63, 3.8) is 0 Å². The number of pyridine rings is 1. The average molecular weight is 207 g/mol. The monoisotopic (exact) mass is 207 g/mol. The summed E-state index contributed by atoms with van der Waals surface area (Å²) in [4.78, 5) is 15.5. The molecule has 0 saturated heterocycles. The highest BCUT2D eigenvalue weighted by Crippen LogP contribution is 1.94. The van der Waals surface area contributed by atoms with Crippen LogP contribution in [0.15, 0.2) is 24.4 Å². The summed E-state index contributed by atoms with van der Waals surface area (Å²) in [5.74, 6) is 0.0322. The summed E-state index contributed by atoms with van der Waals surface area (Å²) in [5.41, 5.74) is 0.809. The molecular weight excluding hydrogens is 190 g/mol. The Kier molecular flexibility index (Phi) is 5.40. The van der Waals surface area contributed by atoms with Gasteiger partial charge in [-0.2, -0.15) is 0 Å². The van der Waals surface area contributed by atoms with E-state index in [9.17, 15) is 4.79 Å². The van der Waals surface area contributed by atoms with Crippen LogP contribution in [0, 0.1) is 0 Å². The lowest BCUT2D eigenvalue weighted by Gasteiger charge is -2.04. The van der Waals surface area contributed by atoms with Gasteiger partial charge >= 0.3 is 0 Å². The maximum atomic E-state index is 11.4. The van der Waals surface area contributed by atoms with Gasteiger partial charge in [-0.05, 0) is 32.1 Å². The zero-order valence-corrected chi connectivity index (χ0v) is 8.99. The lowest BCUT2D eigenvalue weighted by Crippen LogP contribution is -2.28. The summed E-state index contributed by atoms with van der Waals surface area (Å²) in [7, 11) is 1.90. The number of carbonyl (C=O) groups excluding carboxylic acids is 1. The number of nitrogens with zero attached hydrogens (tertiary/aromatic N) is 1. The van der Waals surface area contributed by atoms with Crippen LogP contribution < -0.4 is 10.6 Å². The molecule has 15 heavy (non-hydrogen) atoms. The molecule has 0 fully saturated rings. The molecule has 0 bridgehead atoms. The van der Waals surface area contributed by atoms with Gasteiger partial charge < -0.3 is 10.6 Å². The van der Waals surface area contributed by atoms with E-state index in [0.717, 1.165) is 18.7 Å². The van der Waals surface area contributed by atoms with E-state index >= 15 is 0 Å². The lowest BCUT2D eigenvalue weighted by atomic mass is 10.2. The molecule has 1 amide bonds. The van der Waals surface area contributed by atoms with Gasteiger partial charge in [0.05, 0.1) is 6.42 Å². The number of hydrogen-bond acceptors (Lipinski definition) is 3. The molecule has 82 valence electrons. The lowest BCUT2D eigenvalue weighted by molar-refractivity contribution is -0.120. The summed E-state index contributed by atoms with van der Waals surface area (Å²) in [6.45, 7) is 1.64. The van der Waals surface area contributed by atoms with Crippen molar-refractivity contribution in [3.8, 4) is 0 Å². The Hall–Kier alpha value is -1.42. The van der Waals surface area contributed by atoms with Crippen molar-refractivity contribution >= 4 is 5.91 Å². The molecule has 2 N–H and O–H groups in total. The molecule has 0 saturated carbocycles. The average Bonchev–Trinajstić information content (AvgIpc) is 2.26. The first kappa shape index (κ1) is 11.7. The van der Waals surface area contributed by atoms with Gasteiger partial charge in [0.15, 0.2) is 0 Å². The van der Waals surface area contributed by atoms with E-state index < -0.39 is 0 Å². The van der Waals surface area contributed by atoms with Gasteiger partial charge in [0.1, 0.15) is 0 Å². The van der Waals surface area contributed by atoms with E-state index in [2.05, 4.69) is 15.6 Å². The number of carbonyl (C=O) groups is 1. The minimum absolute atomic E-state index is 0.0322. The van der Waals surface area contributed by atoms with Gasteiger partial charge in [0, 0.05) is 18.4 Å². The van der Waals surface area contributed by atoms with Crippen molar-refractivity contribution in [2.45, 2.75) is 12.8 Å². The van der Waals surface area contributed by atoms with Crippen molar-refractivity contribution < 1.29 is 4.79 Å². The Morgan fingerprint density at radius 2 is 2.27 bits per heavy atom. The Balaban J connectivity index is 2.19. The van der Waals surface area contributed by atoms with Crippen LogP contribution in [0.4, 0.5) is 0 Å². The highest BCUT2D eigenvalue weighted by atomic mass is 16.1. The van der Waals surface area contributed by atoms with Crippen LogP contribution in [-0.2, 0) is 11.2 Å². The summed E-state index contributed by atoms with van der Waals surface area (Å²) in [6.07, 6.45) is 3.01. The van der Waals surface area contributed by atoms with Gasteiger partial charge in [0.25, 0.3) is 0 Å². The molecule has 0 aliphatic rings. The fourth-order valence-electron chi connectivity index (χ4n) is 1.22. The molecule has 0 aliphatic heterocycles. The van der Waals surface area contributed by atoms with Gasteiger partial charge in [-0.15, -0.1) is 0 Å². The van der Waals surface area contributed by atoms with Crippen molar-refractivity contribution in [2.24, 2.45) is 0 Å². The smallest absolute Gasteiger partial charge is 0.226 e.